The van der Waals surface area contributed by atoms with Gasteiger partial charge in [0.2, 0.25) is 0 Å². The molecule has 76 valence electrons. The van der Waals surface area contributed by atoms with Crippen molar-refractivity contribution in [2.24, 2.45) is 0 Å². The summed E-state index contributed by atoms with van der Waals surface area (Å²) in [5.41, 5.74) is 1.23. The number of ether oxygens (including phenoxy) is 2. The summed E-state index contributed by atoms with van der Waals surface area (Å²) in [6, 6.07) is 0. The van der Waals surface area contributed by atoms with Gasteiger partial charge in [0.1, 0.15) is 0 Å². The first-order valence-electron chi connectivity index (χ1n) is 4.89. The molecular formula is C10H19NO2. The van der Waals surface area contributed by atoms with Gasteiger partial charge in [0.15, 0.2) is 0 Å². The molecule has 0 bridgehead atoms. The lowest BCUT2D eigenvalue weighted by atomic mass is 10.2. The zero-order chi connectivity index (χ0) is 9.52. The molecule has 1 aliphatic rings. The zero-order valence-electron chi connectivity index (χ0n) is 8.34. The second kappa shape index (κ2) is 6.13. The first-order chi connectivity index (χ1) is 6.33. The lowest BCUT2D eigenvalue weighted by Crippen LogP contribution is -2.37. The van der Waals surface area contributed by atoms with Crippen molar-refractivity contribution in [2.75, 3.05) is 32.9 Å². The van der Waals surface area contributed by atoms with Gasteiger partial charge in [0, 0.05) is 13.1 Å². The highest BCUT2D eigenvalue weighted by atomic mass is 16.6. The lowest BCUT2D eigenvalue weighted by molar-refractivity contribution is -0.0861. The van der Waals surface area contributed by atoms with Crippen LogP contribution in [0.4, 0.5) is 0 Å². The van der Waals surface area contributed by atoms with Crippen LogP contribution in [0.3, 0.4) is 0 Å². The van der Waals surface area contributed by atoms with Crippen LogP contribution in [0.15, 0.2) is 12.2 Å². The van der Waals surface area contributed by atoms with E-state index >= 15 is 0 Å². The number of hydrogen-bond donors (Lipinski definition) is 1. The zero-order valence-corrected chi connectivity index (χ0v) is 8.34. The van der Waals surface area contributed by atoms with E-state index in [4.69, 9.17) is 9.47 Å². The van der Waals surface area contributed by atoms with E-state index in [1.54, 1.807) is 0 Å². The van der Waals surface area contributed by atoms with Crippen molar-refractivity contribution in [3.05, 3.63) is 12.2 Å². The fraction of sp³-hybridized carbons (Fsp3) is 0.800. The van der Waals surface area contributed by atoms with E-state index in [9.17, 15) is 0 Å². The van der Waals surface area contributed by atoms with Crippen molar-refractivity contribution in [1.29, 1.82) is 0 Å². The van der Waals surface area contributed by atoms with Crippen LogP contribution in [0, 0.1) is 0 Å². The summed E-state index contributed by atoms with van der Waals surface area (Å²) in [7, 11) is 0. The second-order valence-corrected chi connectivity index (χ2v) is 3.30. The molecular weight excluding hydrogens is 166 g/mol. The molecule has 0 aromatic heterocycles. The van der Waals surface area contributed by atoms with E-state index in [0.29, 0.717) is 6.61 Å². The summed E-state index contributed by atoms with van der Waals surface area (Å²) >= 11 is 0. The van der Waals surface area contributed by atoms with Crippen molar-refractivity contribution in [2.45, 2.75) is 19.4 Å². The fourth-order valence-corrected chi connectivity index (χ4v) is 1.19. The summed E-state index contributed by atoms with van der Waals surface area (Å²) in [5.74, 6) is 0. The number of rotatable bonds is 5. The predicted octanol–water partition coefficient (Wildman–Crippen LogP) is 0.958. The van der Waals surface area contributed by atoms with Crippen LogP contribution in [0.5, 0.6) is 0 Å². The molecule has 3 nitrogen and oxygen atoms in total. The molecule has 0 saturated carbocycles. The lowest BCUT2D eigenvalue weighted by Gasteiger charge is -2.23. The Morgan fingerprint density at radius 1 is 1.54 bits per heavy atom. The van der Waals surface area contributed by atoms with Crippen molar-refractivity contribution in [1.82, 2.24) is 5.32 Å². The van der Waals surface area contributed by atoms with Crippen LogP contribution >= 0.6 is 0 Å². The molecule has 1 rings (SSSR count). The molecule has 1 N–H and O–H groups in total. The first kappa shape index (κ1) is 10.7. The first-order valence-corrected chi connectivity index (χ1v) is 4.89. The van der Waals surface area contributed by atoms with E-state index in [1.807, 2.05) is 0 Å². The maximum absolute atomic E-state index is 5.48. The Morgan fingerprint density at radius 2 is 2.38 bits per heavy atom. The molecule has 1 fully saturated rings. The Morgan fingerprint density at radius 3 is 3.00 bits per heavy atom. The fourth-order valence-electron chi connectivity index (χ4n) is 1.19. The van der Waals surface area contributed by atoms with Gasteiger partial charge in [-0.05, 0) is 6.42 Å². The van der Waals surface area contributed by atoms with Crippen molar-refractivity contribution in [3.63, 3.8) is 0 Å². The summed E-state index contributed by atoms with van der Waals surface area (Å²) in [6.45, 7) is 9.95. The van der Waals surface area contributed by atoms with Crippen molar-refractivity contribution in [3.8, 4) is 0 Å². The molecule has 0 aromatic rings. The molecule has 0 radical (unpaired) electrons. The molecule has 13 heavy (non-hydrogen) atoms. The molecule has 3 heteroatoms. The van der Waals surface area contributed by atoms with E-state index in [-0.39, 0.29) is 6.10 Å². The molecule has 1 heterocycles. The van der Waals surface area contributed by atoms with Crippen LogP contribution in [-0.2, 0) is 9.47 Å². The van der Waals surface area contributed by atoms with Gasteiger partial charge in [-0.1, -0.05) is 19.1 Å². The van der Waals surface area contributed by atoms with E-state index < -0.39 is 0 Å². The highest BCUT2D eigenvalue weighted by molar-refractivity contribution is 4.95. The van der Waals surface area contributed by atoms with E-state index in [2.05, 4.69) is 18.8 Å². The standard InChI is InChI=1S/C10H19NO2/c1-3-9(2)6-11-7-10-8-12-4-5-13-10/h10-11H,2-8H2,1H3. The Hall–Kier alpha value is -0.380. The van der Waals surface area contributed by atoms with Crippen LogP contribution < -0.4 is 5.32 Å². The third kappa shape index (κ3) is 4.41. The Kier molecular flexibility index (Phi) is 5.05. The molecule has 1 unspecified atom stereocenters. The smallest absolute Gasteiger partial charge is 0.0933 e. The van der Waals surface area contributed by atoms with Gasteiger partial charge < -0.3 is 14.8 Å². The van der Waals surface area contributed by atoms with Gasteiger partial charge in [0.05, 0.1) is 25.9 Å². The molecule has 0 aliphatic carbocycles. The third-order valence-electron chi connectivity index (χ3n) is 2.13. The largest absolute Gasteiger partial charge is 0.376 e. The van der Waals surface area contributed by atoms with Crippen LogP contribution in [0.2, 0.25) is 0 Å². The maximum Gasteiger partial charge on any atom is 0.0933 e. The van der Waals surface area contributed by atoms with Crippen molar-refractivity contribution < 1.29 is 9.47 Å². The van der Waals surface area contributed by atoms with Crippen LogP contribution in [0.1, 0.15) is 13.3 Å². The quantitative estimate of drug-likeness (QED) is 0.647. The number of hydrogen-bond acceptors (Lipinski definition) is 3. The number of nitrogens with one attached hydrogen (secondary N) is 1. The molecule has 1 aliphatic heterocycles. The minimum atomic E-state index is 0.221. The highest BCUT2D eigenvalue weighted by Crippen LogP contribution is 1.99. The third-order valence-corrected chi connectivity index (χ3v) is 2.13. The molecule has 1 atom stereocenters. The molecule has 0 aromatic carbocycles. The normalized spacial score (nSPS) is 23.0. The van der Waals surface area contributed by atoms with Gasteiger partial charge in [0.25, 0.3) is 0 Å². The summed E-state index contributed by atoms with van der Waals surface area (Å²) in [4.78, 5) is 0. The van der Waals surface area contributed by atoms with Crippen molar-refractivity contribution >= 4 is 0 Å². The van der Waals surface area contributed by atoms with E-state index in [1.165, 1.54) is 5.57 Å². The average molecular weight is 185 g/mol. The Bertz CT molecular complexity index is 153. The van der Waals surface area contributed by atoms with Gasteiger partial charge in [-0.3, -0.25) is 0 Å². The SMILES string of the molecule is C=C(CC)CNCC1COCCO1. The van der Waals surface area contributed by atoms with E-state index in [0.717, 1.165) is 32.7 Å². The Balaban J connectivity index is 2.01. The van der Waals surface area contributed by atoms with Gasteiger partial charge >= 0.3 is 0 Å². The molecule has 1 saturated heterocycles. The van der Waals surface area contributed by atoms with Crippen LogP contribution in [-0.4, -0.2) is 39.0 Å². The van der Waals surface area contributed by atoms with Crippen LogP contribution in [0.25, 0.3) is 0 Å². The molecule has 0 amide bonds. The highest BCUT2D eigenvalue weighted by Gasteiger charge is 2.12. The average Bonchev–Trinajstić information content (AvgIpc) is 2.19. The summed E-state index contributed by atoms with van der Waals surface area (Å²) in [5, 5.41) is 3.30. The van der Waals surface area contributed by atoms with Gasteiger partial charge in [-0.2, -0.15) is 0 Å². The Labute approximate surface area is 80.1 Å². The predicted molar refractivity (Wildman–Crippen MR) is 52.9 cm³/mol. The monoisotopic (exact) mass is 185 g/mol. The second-order valence-electron chi connectivity index (χ2n) is 3.30. The molecule has 0 spiro atoms. The van der Waals surface area contributed by atoms with Gasteiger partial charge in [-0.25, -0.2) is 0 Å². The minimum Gasteiger partial charge on any atom is -0.376 e. The topological polar surface area (TPSA) is 30.5 Å². The van der Waals surface area contributed by atoms with Gasteiger partial charge in [-0.15, -0.1) is 0 Å². The maximum atomic E-state index is 5.48. The minimum absolute atomic E-state index is 0.221. The summed E-state index contributed by atoms with van der Waals surface area (Å²) < 4.78 is 10.8. The summed E-state index contributed by atoms with van der Waals surface area (Å²) in [6.07, 6.45) is 1.26.